The zero-order chi connectivity index (χ0) is 9.38. The van der Waals surface area contributed by atoms with Gasteiger partial charge >= 0.3 is 0 Å². The summed E-state index contributed by atoms with van der Waals surface area (Å²) in [5.74, 6) is 0. The van der Waals surface area contributed by atoms with Gasteiger partial charge in [0.1, 0.15) is 0 Å². The van der Waals surface area contributed by atoms with E-state index in [0.717, 1.165) is 6.42 Å². The van der Waals surface area contributed by atoms with Crippen molar-refractivity contribution in [1.82, 2.24) is 0 Å². The first-order valence-electron chi connectivity index (χ1n) is 4.71. The van der Waals surface area contributed by atoms with Crippen LogP contribution in [0.1, 0.15) is 5.56 Å². The van der Waals surface area contributed by atoms with E-state index in [2.05, 4.69) is 40.4 Å². The van der Waals surface area contributed by atoms with Crippen LogP contribution in [0, 0.1) is 0 Å². The summed E-state index contributed by atoms with van der Waals surface area (Å²) >= 11 is 0. The van der Waals surface area contributed by atoms with Gasteiger partial charge in [0.25, 0.3) is 0 Å². The smallest absolute Gasteiger partial charge is 0.0488 e. The van der Waals surface area contributed by atoms with Gasteiger partial charge in [-0.05, 0) is 17.7 Å². The van der Waals surface area contributed by atoms with Gasteiger partial charge in [0.05, 0.1) is 0 Å². The molecule has 1 aromatic rings. The van der Waals surface area contributed by atoms with Gasteiger partial charge in [-0.3, -0.25) is 4.99 Å². The second-order valence-electron chi connectivity index (χ2n) is 3.44. The average molecular weight is 182 g/mol. The molecule has 68 valence electrons. The number of allylic oxidation sites excluding steroid dienone is 2. The van der Waals surface area contributed by atoms with Crippen LogP contribution in [-0.2, 0) is 6.42 Å². The first kappa shape index (κ1) is 7.56. The van der Waals surface area contributed by atoms with E-state index in [4.69, 9.17) is 0 Å². The maximum Gasteiger partial charge on any atom is 0.0488 e. The Morgan fingerprint density at radius 2 is 2.14 bits per heavy atom. The number of para-hydroxylation sites is 1. The van der Waals surface area contributed by atoms with Crippen LogP contribution in [0.5, 0.6) is 0 Å². The molecule has 0 aliphatic carbocycles. The number of hydrogen-bond donors (Lipinski definition) is 0. The van der Waals surface area contributed by atoms with E-state index in [1.54, 1.807) is 0 Å². The second-order valence-corrected chi connectivity index (χ2v) is 3.44. The third kappa shape index (κ3) is 1.01. The number of rotatable bonds is 0. The normalized spacial score (nSPS) is 17.4. The summed E-state index contributed by atoms with van der Waals surface area (Å²) in [5, 5.41) is 0. The molecule has 0 N–H and O–H groups in total. The topological polar surface area (TPSA) is 15.6 Å². The molecule has 3 rings (SSSR count). The van der Waals surface area contributed by atoms with Gasteiger partial charge in [-0.25, -0.2) is 0 Å². The highest BCUT2D eigenvalue weighted by Gasteiger charge is 2.21. The number of aliphatic imine (C=N–C) groups is 1. The SMILES string of the molecule is C1=CN2C(=CN=C1)Cc1ccccc12. The van der Waals surface area contributed by atoms with Gasteiger partial charge in [0, 0.05) is 36.4 Å². The van der Waals surface area contributed by atoms with Crippen LogP contribution in [-0.4, -0.2) is 6.21 Å². The molecule has 2 aliphatic rings. The largest absolute Gasteiger partial charge is 0.319 e. The molecular weight excluding hydrogens is 172 g/mol. The predicted molar refractivity (Wildman–Crippen MR) is 58.3 cm³/mol. The molecule has 0 aromatic heterocycles. The van der Waals surface area contributed by atoms with E-state index in [-0.39, 0.29) is 0 Å². The van der Waals surface area contributed by atoms with Crippen molar-refractivity contribution in [2.24, 2.45) is 4.99 Å². The number of hydrogen-bond acceptors (Lipinski definition) is 2. The van der Waals surface area contributed by atoms with Crippen LogP contribution in [0.15, 0.2) is 53.4 Å². The number of anilines is 1. The molecule has 2 heterocycles. The molecule has 0 bridgehead atoms. The molecule has 0 saturated heterocycles. The maximum atomic E-state index is 4.18. The minimum atomic E-state index is 0.984. The van der Waals surface area contributed by atoms with Gasteiger partial charge in [0.2, 0.25) is 0 Å². The van der Waals surface area contributed by atoms with Gasteiger partial charge in [-0.15, -0.1) is 0 Å². The van der Waals surface area contributed by atoms with Gasteiger partial charge < -0.3 is 4.90 Å². The lowest BCUT2D eigenvalue weighted by Gasteiger charge is -2.14. The Labute approximate surface area is 82.9 Å². The molecule has 14 heavy (non-hydrogen) atoms. The average Bonchev–Trinajstić information content (AvgIpc) is 2.42. The third-order valence-electron chi connectivity index (χ3n) is 2.56. The fraction of sp³-hybridized carbons (Fsp3) is 0.0833. The summed E-state index contributed by atoms with van der Waals surface area (Å²) in [6.07, 6.45) is 8.76. The summed E-state index contributed by atoms with van der Waals surface area (Å²) < 4.78 is 0. The van der Waals surface area contributed by atoms with E-state index in [1.807, 2.05) is 18.5 Å². The monoisotopic (exact) mass is 182 g/mol. The molecule has 0 saturated carbocycles. The Bertz CT molecular complexity index is 455. The van der Waals surface area contributed by atoms with Crippen molar-refractivity contribution in [1.29, 1.82) is 0 Å². The summed E-state index contributed by atoms with van der Waals surface area (Å²) in [5.41, 5.74) is 3.90. The molecule has 0 fully saturated rings. The number of benzene rings is 1. The van der Waals surface area contributed by atoms with Crippen LogP contribution in [0.2, 0.25) is 0 Å². The van der Waals surface area contributed by atoms with Crippen LogP contribution in [0.3, 0.4) is 0 Å². The summed E-state index contributed by atoms with van der Waals surface area (Å²) in [6, 6.07) is 8.47. The number of nitrogens with zero attached hydrogens (tertiary/aromatic N) is 2. The fourth-order valence-corrected chi connectivity index (χ4v) is 1.92. The summed E-state index contributed by atoms with van der Waals surface area (Å²) in [6.45, 7) is 0. The molecule has 0 amide bonds. The molecule has 0 unspecified atom stereocenters. The van der Waals surface area contributed by atoms with Crippen LogP contribution >= 0.6 is 0 Å². The van der Waals surface area contributed by atoms with Crippen molar-refractivity contribution in [3.63, 3.8) is 0 Å². The zero-order valence-corrected chi connectivity index (χ0v) is 7.72. The summed E-state index contributed by atoms with van der Waals surface area (Å²) in [7, 11) is 0. The maximum absolute atomic E-state index is 4.18. The van der Waals surface area contributed by atoms with Crippen LogP contribution in [0.4, 0.5) is 5.69 Å². The Morgan fingerprint density at radius 1 is 1.21 bits per heavy atom. The van der Waals surface area contributed by atoms with Crippen LogP contribution in [0.25, 0.3) is 0 Å². The van der Waals surface area contributed by atoms with Gasteiger partial charge in [-0.2, -0.15) is 0 Å². The Balaban J connectivity index is 2.16. The Kier molecular flexibility index (Phi) is 1.53. The highest BCUT2D eigenvalue weighted by molar-refractivity contribution is 5.77. The minimum Gasteiger partial charge on any atom is -0.319 e. The predicted octanol–water partition coefficient (Wildman–Crippen LogP) is 2.49. The Morgan fingerprint density at radius 3 is 3.14 bits per heavy atom. The van der Waals surface area contributed by atoms with E-state index in [9.17, 15) is 0 Å². The van der Waals surface area contributed by atoms with E-state index < -0.39 is 0 Å². The molecule has 1 aromatic carbocycles. The first-order valence-corrected chi connectivity index (χ1v) is 4.71. The molecule has 0 atom stereocenters. The van der Waals surface area contributed by atoms with Gasteiger partial charge in [-0.1, -0.05) is 18.2 Å². The minimum absolute atomic E-state index is 0.984. The lowest BCUT2D eigenvalue weighted by atomic mass is 10.1. The molecule has 0 radical (unpaired) electrons. The van der Waals surface area contributed by atoms with Crippen molar-refractivity contribution in [3.05, 3.63) is 54.0 Å². The molecular formula is C12H10N2. The van der Waals surface area contributed by atoms with E-state index >= 15 is 0 Å². The van der Waals surface area contributed by atoms with Crippen molar-refractivity contribution >= 4 is 11.9 Å². The standard InChI is InChI=1S/C12H10N2/c1-2-5-12-10(4-1)8-11-9-13-6-3-7-14(11)12/h1-7,9H,8H2. The van der Waals surface area contributed by atoms with E-state index in [1.165, 1.54) is 16.9 Å². The highest BCUT2D eigenvalue weighted by Crippen LogP contribution is 2.34. The van der Waals surface area contributed by atoms with Gasteiger partial charge in [0.15, 0.2) is 0 Å². The highest BCUT2D eigenvalue weighted by atomic mass is 15.2. The fourth-order valence-electron chi connectivity index (χ4n) is 1.92. The molecule has 0 spiro atoms. The second kappa shape index (κ2) is 2.84. The number of fused-ring (bicyclic) bond motifs is 3. The summed E-state index contributed by atoms with van der Waals surface area (Å²) in [4.78, 5) is 6.38. The molecule has 2 nitrogen and oxygen atoms in total. The zero-order valence-electron chi connectivity index (χ0n) is 7.72. The van der Waals surface area contributed by atoms with Crippen molar-refractivity contribution < 1.29 is 0 Å². The molecule has 2 aliphatic heterocycles. The van der Waals surface area contributed by atoms with Crippen molar-refractivity contribution in [2.45, 2.75) is 6.42 Å². The Hall–Kier alpha value is -1.83. The lowest BCUT2D eigenvalue weighted by molar-refractivity contribution is 1.13. The lowest BCUT2D eigenvalue weighted by Crippen LogP contribution is -2.08. The third-order valence-corrected chi connectivity index (χ3v) is 2.56. The quantitative estimate of drug-likeness (QED) is 0.602. The van der Waals surface area contributed by atoms with Crippen molar-refractivity contribution in [2.75, 3.05) is 4.90 Å². The van der Waals surface area contributed by atoms with Crippen molar-refractivity contribution in [3.8, 4) is 0 Å². The van der Waals surface area contributed by atoms with E-state index in [0.29, 0.717) is 0 Å². The first-order chi connectivity index (χ1) is 6.95. The van der Waals surface area contributed by atoms with Crippen LogP contribution < -0.4 is 4.90 Å². The molecule has 2 heteroatoms.